The highest BCUT2D eigenvalue weighted by molar-refractivity contribution is 6.09. The number of benzene rings is 6. The number of carboxylic acids is 1. The molecule has 0 radical (unpaired) electrons. The van der Waals surface area contributed by atoms with E-state index in [0.717, 1.165) is 166 Å². The van der Waals surface area contributed by atoms with Gasteiger partial charge in [-0.3, -0.25) is 39.3 Å². The molecule has 0 spiro atoms. The van der Waals surface area contributed by atoms with E-state index in [2.05, 4.69) is 100 Å². The van der Waals surface area contributed by atoms with E-state index in [4.69, 9.17) is 58.2 Å². The number of alkyl carbamates (subject to hydrolysis) is 3. The first-order valence-corrected chi connectivity index (χ1v) is 47.2. The van der Waals surface area contributed by atoms with Crippen molar-refractivity contribution < 1.29 is 81.4 Å². The number of carbonyl (C=O) groups is 8. The van der Waals surface area contributed by atoms with Crippen molar-refractivity contribution in [3.05, 3.63) is 201 Å². The SMILES string of the molecule is COC(=O)N[C@@H](C(=O)O)c1ccccc1.COC[C@H]1C[C@@H](C2=NC3=C(C2)c2cc4c(cc2CC3)-c2ccc(C3=CN=C([C@@H]5CC[C@H](C)N5C(=O)[C@@H](NC(=O)OC)C(C)C)C3)cc2CO4)N(C(=O)OC(C)(C)C)C1.COC[C@H]1C[C@@H](C2=NC3=C(C2)c2cc4c(cc2CC3)-c2ccc(C3=CN=C([C@@H]5CC[C@H](C)N5C(=O)[C@@H](NC(=O)OC)C(C)C)C3)cc2CO4)N(C(=O)[C@H](C)c2ccccc2)C1. The summed E-state index contributed by atoms with van der Waals surface area (Å²) in [7, 11) is 7.25. The topological polar surface area (TPSA) is 329 Å². The number of aliphatic imine (C=N–C) groups is 4. The third-order valence-electron chi connectivity index (χ3n) is 28.3. The van der Waals surface area contributed by atoms with Crippen LogP contribution in [0, 0.1) is 23.7 Å². The second-order valence-electron chi connectivity index (χ2n) is 39.0. The maximum atomic E-state index is 14.1. The van der Waals surface area contributed by atoms with Crippen molar-refractivity contribution in [1.29, 1.82) is 0 Å². The van der Waals surface area contributed by atoms with Crippen LogP contribution in [0.25, 0.3) is 44.5 Å². The minimum absolute atomic E-state index is 0.0402. The smallest absolute Gasteiger partial charge is 0.410 e. The number of amides is 7. The maximum Gasteiger partial charge on any atom is 0.410 e. The number of aliphatic carboxylic acids is 1. The summed E-state index contributed by atoms with van der Waals surface area (Å²) in [4.78, 5) is 129. The Morgan fingerprint density at radius 3 is 1.33 bits per heavy atom. The fraction of sp³-hybridized carbons (Fsp3) is 0.472. The molecule has 10 heterocycles. The van der Waals surface area contributed by atoms with Gasteiger partial charge in [-0.15, -0.1) is 0 Å². The van der Waals surface area contributed by atoms with E-state index >= 15 is 0 Å². The molecule has 2 aliphatic carbocycles. The molecule has 28 heteroatoms. The lowest BCUT2D eigenvalue weighted by atomic mass is 9.83. The van der Waals surface area contributed by atoms with Crippen molar-refractivity contribution in [1.82, 2.24) is 35.6 Å². The quantitative estimate of drug-likeness (QED) is 0.0486. The summed E-state index contributed by atoms with van der Waals surface area (Å²) in [5.74, 6) is 0.678. The van der Waals surface area contributed by atoms with Gasteiger partial charge >= 0.3 is 30.3 Å². The van der Waals surface area contributed by atoms with Crippen LogP contribution in [0.2, 0.25) is 0 Å². The van der Waals surface area contributed by atoms with E-state index in [1.165, 1.54) is 65.9 Å². The molecule has 0 saturated carbocycles. The molecule has 706 valence electrons. The number of allylic oxidation sites excluding steroid dienone is 6. The molecule has 6 aromatic carbocycles. The van der Waals surface area contributed by atoms with Crippen LogP contribution >= 0.6 is 0 Å². The van der Waals surface area contributed by atoms with Crippen LogP contribution in [0.5, 0.6) is 11.5 Å². The Bertz CT molecular complexity index is 5840. The monoisotopic (exact) mass is 1820 g/mol. The summed E-state index contributed by atoms with van der Waals surface area (Å²) in [6.07, 6.45) is 13.0. The van der Waals surface area contributed by atoms with Gasteiger partial charge in [0.1, 0.15) is 42.4 Å². The molecule has 0 bridgehead atoms. The van der Waals surface area contributed by atoms with Gasteiger partial charge in [0.15, 0.2) is 6.04 Å². The number of methoxy groups -OCH3 is 5. The standard InChI is InChI=1S/C50H57N5O6.C46H57N5O7.C10H11NO4/c1-28(2)47(53-50(58)60-6)49(57)55-29(3)12-17-44(55)42-21-35(24-51-42)33-13-15-37-36(19-33)27-61-46-23-38-34(20-40(37)46)14-16-41-39(38)22-43(52-41)45-18-31(26-59-5)25-54(45)48(56)30(4)32-10-8-7-9-11-32;1-25(2)42(49-44(53)56-8)43(52)51-26(3)9-14-39(51)37-18-30(21-47-37)28-10-12-32-31(16-28)24-57-41-20-33-29(17-35(32)41)11-13-36-34(33)19-38(48-36)40-15-27(23-55-7)22-50(40)45(54)58-46(4,5)6;1-15-10(14)11-8(9(12)13)7-5-3-2-4-6-7/h7-11,13,15,19-20,23-24,28-31,44-45,47H,12,14,16-18,21-22,25-27H2,1-6H3,(H,53,58);10,12,16-17,20-21,25-27,39-40,42H,9,11,13-15,18-19,22-24H2,1-8H3,(H,49,53);2-6,8H,1H3,(H,11,14)(H,12,13)/t29-,30+,31-,44-,45-,47-;26-,27-,39-,40-,42-;8-/m001/s1. The molecule has 28 nitrogen and oxygen atoms in total. The average Bonchev–Trinajstić information content (AvgIpc) is 1.52. The molecule has 0 aromatic heterocycles. The summed E-state index contributed by atoms with van der Waals surface area (Å²) in [5, 5.41) is 16.6. The van der Waals surface area contributed by atoms with Crippen LogP contribution in [-0.2, 0) is 73.7 Å². The molecule has 18 rings (SSSR count). The molecule has 4 saturated heterocycles. The van der Waals surface area contributed by atoms with Crippen molar-refractivity contribution in [2.45, 2.75) is 238 Å². The van der Waals surface area contributed by atoms with Gasteiger partial charge in [0.2, 0.25) is 17.7 Å². The van der Waals surface area contributed by atoms with Gasteiger partial charge in [0, 0.05) is 135 Å². The summed E-state index contributed by atoms with van der Waals surface area (Å²) in [6.45, 7) is 23.0. The third kappa shape index (κ3) is 19.9. The van der Waals surface area contributed by atoms with Gasteiger partial charge < -0.3 is 73.7 Å². The van der Waals surface area contributed by atoms with Gasteiger partial charge in [-0.25, -0.2) is 24.0 Å². The van der Waals surface area contributed by atoms with Crippen LogP contribution in [-0.4, -0.2) is 211 Å². The number of ether oxygens (including phenoxy) is 8. The second kappa shape index (κ2) is 40.3. The molecular weight excluding hydrogens is 1700 g/mol. The number of nitrogens with zero attached hydrogens (tertiary/aromatic N) is 8. The molecular formula is C106H125N11O17. The first-order valence-electron chi connectivity index (χ1n) is 47.2. The highest BCUT2D eigenvalue weighted by Gasteiger charge is 2.48. The van der Waals surface area contributed by atoms with Gasteiger partial charge in [-0.1, -0.05) is 113 Å². The third-order valence-corrected chi connectivity index (χ3v) is 28.3. The maximum absolute atomic E-state index is 14.1. The van der Waals surface area contributed by atoms with Gasteiger partial charge in [0.05, 0.1) is 64.6 Å². The molecule has 134 heavy (non-hydrogen) atoms. The normalized spacial score (nSPS) is 22.4. The minimum atomic E-state index is -1.13. The molecule has 0 unspecified atom stereocenters. The second-order valence-corrected chi connectivity index (χ2v) is 39.0. The predicted molar refractivity (Wildman–Crippen MR) is 513 cm³/mol. The zero-order valence-corrected chi connectivity index (χ0v) is 79.5. The van der Waals surface area contributed by atoms with Crippen LogP contribution in [0.1, 0.15) is 214 Å². The Balaban J connectivity index is 0.000000169. The van der Waals surface area contributed by atoms with Gasteiger partial charge in [-0.2, -0.15) is 0 Å². The van der Waals surface area contributed by atoms with E-state index in [-0.39, 0.29) is 89.7 Å². The summed E-state index contributed by atoms with van der Waals surface area (Å²) < 4.78 is 44.0. The summed E-state index contributed by atoms with van der Waals surface area (Å²) in [5.41, 5.74) is 26.1. The number of carboxylic acid groups (broad SMARTS) is 1. The fourth-order valence-corrected chi connectivity index (χ4v) is 21.4. The fourth-order valence-electron chi connectivity index (χ4n) is 21.4. The van der Waals surface area contributed by atoms with Gasteiger partial charge in [0.25, 0.3) is 0 Å². The zero-order chi connectivity index (χ0) is 94.8. The number of fused-ring (bicyclic) bond motifs is 10. The van der Waals surface area contributed by atoms with Crippen molar-refractivity contribution >= 4 is 93.2 Å². The van der Waals surface area contributed by atoms with Crippen molar-refractivity contribution in [2.24, 2.45) is 43.6 Å². The molecule has 12 atom stereocenters. The lowest BCUT2D eigenvalue weighted by Crippen LogP contribution is -2.55. The molecule has 4 fully saturated rings. The largest absolute Gasteiger partial charge is 0.488 e. The number of nitrogens with one attached hydrogen (secondary N) is 3. The summed E-state index contributed by atoms with van der Waals surface area (Å²) >= 11 is 0. The number of hydrogen-bond donors (Lipinski definition) is 4. The number of hydrogen-bond acceptors (Lipinski definition) is 20. The van der Waals surface area contributed by atoms with E-state index in [0.29, 0.717) is 64.3 Å². The first kappa shape index (κ1) is 94.6. The van der Waals surface area contributed by atoms with E-state index in [9.17, 15) is 38.4 Å². The number of rotatable bonds is 21. The number of aryl methyl sites for hydroxylation is 2. The number of carbonyl (C=O) groups excluding carboxylic acids is 7. The van der Waals surface area contributed by atoms with Crippen LogP contribution in [0.3, 0.4) is 0 Å². The molecule has 12 aliphatic rings. The molecule has 10 aliphatic heterocycles. The predicted octanol–water partition coefficient (Wildman–Crippen LogP) is 17.5. The molecule has 6 aromatic rings. The van der Waals surface area contributed by atoms with Crippen LogP contribution < -0.4 is 25.4 Å². The lowest BCUT2D eigenvalue weighted by molar-refractivity contribution is -0.139. The van der Waals surface area contributed by atoms with E-state index in [1.807, 2.05) is 113 Å². The zero-order valence-electron chi connectivity index (χ0n) is 79.5. The highest BCUT2D eigenvalue weighted by Crippen LogP contribution is 2.51. The van der Waals surface area contributed by atoms with Crippen LogP contribution in [0.4, 0.5) is 19.2 Å². The average molecular weight is 1830 g/mol. The van der Waals surface area contributed by atoms with Crippen molar-refractivity contribution in [2.75, 3.05) is 61.9 Å². The summed E-state index contributed by atoms with van der Waals surface area (Å²) in [6, 6.07) is 38.0. The molecule has 7 amide bonds. The Morgan fingerprint density at radius 2 is 0.903 bits per heavy atom. The van der Waals surface area contributed by atoms with Crippen molar-refractivity contribution in [3.63, 3.8) is 0 Å². The van der Waals surface area contributed by atoms with E-state index < -0.39 is 48.0 Å². The molecule has 4 N–H and O–H groups in total. The Morgan fingerprint density at radius 1 is 0.470 bits per heavy atom. The first-order chi connectivity index (χ1) is 64.4. The minimum Gasteiger partial charge on any atom is -0.488 e. The lowest BCUT2D eigenvalue weighted by Gasteiger charge is -2.33. The highest BCUT2D eigenvalue weighted by atomic mass is 16.6. The van der Waals surface area contributed by atoms with Gasteiger partial charge in [-0.05, 0) is 243 Å². The van der Waals surface area contributed by atoms with Crippen molar-refractivity contribution in [3.8, 4) is 33.8 Å². The van der Waals surface area contributed by atoms with E-state index in [1.54, 1.807) is 44.6 Å². The Kier molecular flexibility index (Phi) is 28.5. The Hall–Kier alpha value is -12.6. The number of likely N-dealkylation sites (tertiary alicyclic amines) is 4. The Labute approximate surface area is 784 Å². The van der Waals surface area contributed by atoms with Crippen LogP contribution in [0.15, 0.2) is 165 Å².